The van der Waals surface area contributed by atoms with Gasteiger partial charge in [0.25, 0.3) is 0 Å². The van der Waals surface area contributed by atoms with Crippen LogP contribution in [0.2, 0.25) is 0 Å². The fourth-order valence-electron chi connectivity index (χ4n) is 2.75. The SMILES string of the molecule is OCC1O[C@H](OCCCl)C(n2cc(CNc3ncccn3)nn2)C(O)[C@@H]1O. The zero-order chi connectivity index (χ0) is 19.2. The fourth-order valence-corrected chi connectivity index (χ4v) is 2.84. The average molecular weight is 401 g/mol. The molecule has 4 N–H and O–H groups in total. The van der Waals surface area contributed by atoms with Gasteiger partial charge < -0.3 is 30.1 Å². The van der Waals surface area contributed by atoms with E-state index >= 15 is 0 Å². The van der Waals surface area contributed by atoms with Crippen molar-refractivity contribution in [1.29, 1.82) is 0 Å². The maximum Gasteiger partial charge on any atom is 0.222 e. The Balaban J connectivity index is 1.72. The van der Waals surface area contributed by atoms with Crippen molar-refractivity contribution < 1.29 is 24.8 Å². The van der Waals surface area contributed by atoms with E-state index in [1.165, 1.54) is 4.68 Å². The van der Waals surface area contributed by atoms with Gasteiger partial charge in [0.2, 0.25) is 5.95 Å². The van der Waals surface area contributed by atoms with Crippen molar-refractivity contribution in [1.82, 2.24) is 25.0 Å². The number of nitrogens with one attached hydrogen (secondary N) is 1. The average Bonchev–Trinajstić information content (AvgIpc) is 3.16. The van der Waals surface area contributed by atoms with Gasteiger partial charge >= 0.3 is 0 Å². The number of alkyl halides is 1. The lowest BCUT2D eigenvalue weighted by Crippen LogP contribution is -2.57. The summed E-state index contributed by atoms with van der Waals surface area (Å²) in [6.07, 6.45) is 0.293. The molecule has 1 aliphatic rings. The molecular weight excluding hydrogens is 380 g/mol. The molecule has 148 valence electrons. The lowest BCUT2D eigenvalue weighted by molar-refractivity contribution is -0.280. The summed E-state index contributed by atoms with van der Waals surface area (Å²) in [6, 6.07) is 0.845. The van der Waals surface area contributed by atoms with Gasteiger partial charge in [-0.05, 0) is 6.07 Å². The Morgan fingerprint density at radius 1 is 1.26 bits per heavy atom. The molecule has 27 heavy (non-hydrogen) atoms. The molecule has 12 heteroatoms. The van der Waals surface area contributed by atoms with Crippen LogP contribution in [-0.4, -0.2) is 84.0 Å². The van der Waals surface area contributed by atoms with E-state index in [1.54, 1.807) is 24.7 Å². The second kappa shape index (κ2) is 9.35. The number of aliphatic hydroxyl groups is 3. The smallest absolute Gasteiger partial charge is 0.222 e. The molecule has 0 saturated carbocycles. The van der Waals surface area contributed by atoms with Crippen LogP contribution >= 0.6 is 11.6 Å². The van der Waals surface area contributed by atoms with Crippen LogP contribution in [0.3, 0.4) is 0 Å². The second-order valence-corrected chi connectivity index (χ2v) is 6.25. The minimum atomic E-state index is -1.31. The van der Waals surface area contributed by atoms with Crippen molar-refractivity contribution in [3.63, 3.8) is 0 Å². The number of aromatic nitrogens is 5. The first kappa shape index (κ1) is 19.9. The summed E-state index contributed by atoms with van der Waals surface area (Å²) in [5.74, 6) is 0.663. The number of anilines is 1. The van der Waals surface area contributed by atoms with Crippen LogP contribution < -0.4 is 5.32 Å². The third-order valence-electron chi connectivity index (χ3n) is 4.06. The molecule has 1 aliphatic heterocycles. The Labute approximate surface area is 159 Å². The zero-order valence-electron chi connectivity index (χ0n) is 14.3. The summed E-state index contributed by atoms with van der Waals surface area (Å²) in [6.45, 7) is 0.0101. The van der Waals surface area contributed by atoms with Gasteiger partial charge in [-0.15, -0.1) is 16.7 Å². The number of nitrogens with zero attached hydrogens (tertiary/aromatic N) is 5. The molecule has 1 fully saturated rings. The van der Waals surface area contributed by atoms with Crippen LogP contribution in [0.5, 0.6) is 0 Å². The lowest BCUT2D eigenvalue weighted by atomic mass is 9.97. The number of hydrogen-bond acceptors (Lipinski definition) is 10. The fraction of sp³-hybridized carbons (Fsp3) is 0.600. The van der Waals surface area contributed by atoms with E-state index in [9.17, 15) is 15.3 Å². The predicted molar refractivity (Wildman–Crippen MR) is 92.9 cm³/mol. The highest BCUT2D eigenvalue weighted by Gasteiger charge is 2.46. The number of ether oxygens (including phenoxy) is 2. The Morgan fingerprint density at radius 3 is 2.74 bits per heavy atom. The lowest BCUT2D eigenvalue weighted by Gasteiger charge is -2.41. The van der Waals surface area contributed by atoms with Gasteiger partial charge in [0.15, 0.2) is 6.29 Å². The molecule has 2 aromatic heterocycles. The molecule has 0 radical (unpaired) electrons. The van der Waals surface area contributed by atoms with Crippen molar-refractivity contribution in [3.8, 4) is 0 Å². The van der Waals surface area contributed by atoms with Gasteiger partial charge in [0, 0.05) is 18.3 Å². The Bertz CT molecular complexity index is 707. The highest BCUT2D eigenvalue weighted by molar-refractivity contribution is 6.17. The molecule has 3 heterocycles. The van der Waals surface area contributed by atoms with E-state index in [1.807, 2.05) is 0 Å². The first-order chi connectivity index (χ1) is 13.1. The third-order valence-corrected chi connectivity index (χ3v) is 4.22. The molecular formula is C15H21ClN6O5. The van der Waals surface area contributed by atoms with E-state index in [0.717, 1.165) is 0 Å². The minimum absolute atomic E-state index is 0.165. The van der Waals surface area contributed by atoms with E-state index < -0.39 is 37.3 Å². The monoisotopic (exact) mass is 400 g/mol. The van der Waals surface area contributed by atoms with Crippen LogP contribution in [-0.2, 0) is 16.0 Å². The summed E-state index contributed by atoms with van der Waals surface area (Å²) in [5.41, 5.74) is 0.560. The van der Waals surface area contributed by atoms with Crippen molar-refractivity contribution in [2.75, 3.05) is 24.4 Å². The molecule has 2 aromatic rings. The third kappa shape index (κ3) is 4.69. The van der Waals surface area contributed by atoms with Gasteiger partial charge in [-0.2, -0.15) is 0 Å². The first-order valence-corrected chi connectivity index (χ1v) is 8.89. The Hall–Kier alpha value is -1.89. The van der Waals surface area contributed by atoms with Crippen LogP contribution in [0.15, 0.2) is 24.7 Å². The number of halogens is 1. The van der Waals surface area contributed by atoms with Gasteiger partial charge in [-0.1, -0.05) is 5.21 Å². The van der Waals surface area contributed by atoms with Gasteiger partial charge in [-0.25, -0.2) is 14.6 Å². The summed E-state index contributed by atoms with van der Waals surface area (Å²) in [7, 11) is 0. The quantitative estimate of drug-likeness (QED) is 0.403. The molecule has 11 nitrogen and oxygen atoms in total. The largest absolute Gasteiger partial charge is 0.394 e. The Morgan fingerprint density at radius 2 is 2.04 bits per heavy atom. The molecule has 3 unspecified atom stereocenters. The maximum atomic E-state index is 10.5. The van der Waals surface area contributed by atoms with Gasteiger partial charge in [0.1, 0.15) is 30.0 Å². The highest BCUT2D eigenvalue weighted by atomic mass is 35.5. The van der Waals surface area contributed by atoms with Crippen molar-refractivity contribution in [2.24, 2.45) is 0 Å². The zero-order valence-corrected chi connectivity index (χ0v) is 15.1. The standard InChI is InChI=1S/C15H21ClN6O5/c16-2-5-26-14-11(13(25)12(24)10(8-23)27-14)22-7-9(20-21-22)6-19-15-17-3-1-4-18-15/h1,3-4,7,10-14,23-25H,2,5-6,8H2,(H,17,18,19)/t10?,11?,12-,13?,14+/m1/s1. The minimum Gasteiger partial charge on any atom is -0.394 e. The second-order valence-electron chi connectivity index (χ2n) is 5.87. The van der Waals surface area contributed by atoms with E-state index in [0.29, 0.717) is 18.2 Å². The number of rotatable bonds is 8. The predicted octanol–water partition coefficient (Wildman–Crippen LogP) is -1.08. The van der Waals surface area contributed by atoms with E-state index in [-0.39, 0.29) is 12.5 Å². The number of aliphatic hydroxyl groups excluding tert-OH is 3. The van der Waals surface area contributed by atoms with Crippen LogP contribution in [0.1, 0.15) is 11.7 Å². The van der Waals surface area contributed by atoms with E-state index in [4.69, 9.17) is 21.1 Å². The molecule has 1 saturated heterocycles. The summed E-state index contributed by atoms with van der Waals surface area (Å²) < 4.78 is 12.5. The first-order valence-electron chi connectivity index (χ1n) is 8.35. The summed E-state index contributed by atoms with van der Waals surface area (Å²) in [5, 5.41) is 41.0. The molecule has 0 aromatic carbocycles. The Kier molecular flexibility index (Phi) is 6.88. The topological polar surface area (TPSA) is 148 Å². The van der Waals surface area contributed by atoms with Crippen LogP contribution in [0.25, 0.3) is 0 Å². The van der Waals surface area contributed by atoms with Crippen molar-refractivity contribution >= 4 is 17.5 Å². The molecule has 0 amide bonds. The normalized spacial score (nSPS) is 28.2. The van der Waals surface area contributed by atoms with Crippen molar-refractivity contribution in [3.05, 3.63) is 30.4 Å². The summed E-state index contributed by atoms with van der Waals surface area (Å²) >= 11 is 5.66. The maximum absolute atomic E-state index is 10.5. The van der Waals surface area contributed by atoms with Crippen LogP contribution in [0, 0.1) is 0 Å². The molecule has 3 rings (SSSR count). The highest BCUT2D eigenvalue weighted by Crippen LogP contribution is 2.30. The van der Waals surface area contributed by atoms with Crippen LogP contribution in [0.4, 0.5) is 5.95 Å². The van der Waals surface area contributed by atoms with E-state index in [2.05, 4.69) is 25.6 Å². The van der Waals surface area contributed by atoms with Crippen molar-refractivity contribution in [2.45, 2.75) is 37.2 Å². The van der Waals surface area contributed by atoms with Gasteiger partial charge in [-0.3, -0.25) is 0 Å². The molecule has 0 aliphatic carbocycles. The van der Waals surface area contributed by atoms with Gasteiger partial charge in [0.05, 0.1) is 26.0 Å². The summed E-state index contributed by atoms with van der Waals surface area (Å²) in [4.78, 5) is 8.10. The molecule has 0 bridgehead atoms. The molecule has 0 spiro atoms. The number of hydrogen-bond donors (Lipinski definition) is 4. The molecule has 5 atom stereocenters.